The number of carbonyl (C=O) groups is 1. The van der Waals surface area contributed by atoms with Crippen LogP contribution in [0.2, 0.25) is 0 Å². The summed E-state index contributed by atoms with van der Waals surface area (Å²) in [5.41, 5.74) is 1.34. The molecule has 2 aromatic heterocycles. The van der Waals surface area contributed by atoms with Crippen LogP contribution in [0.3, 0.4) is 0 Å². The van der Waals surface area contributed by atoms with Crippen LogP contribution in [0.1, 0.15) is 30.2 Å². The number of hydrogen-bond acceptors (Lipinski definition) is 7. The minimum absolute atomic E-state index is 0.0475. The average Bonchev–Trinajstić information content (AvgIpc) is 3.21. The van der Waals surface area contributed by atoms with E-state index in [1.54, 1.807) is 17.7 Å². The number of thiophene rings is 1. The molecule has 0 radical (unpaired) electrons. The van der Waals surface area contributed by atoms with Gasteiger partial charge in [-0.2, -0.15) is 0 Å². The van der Waals surface area contributed by atoms with Gasteiger partial charge in [0, 0.05) is 16.3 Å². The number of aryl methyl sites for hydroxylation is 2. The maximum Gasteiger partial charge on any atom is 0.233 e. The van der Waals surface area contributed by atoms with Gasteiger partial charge in [-0.15, -0.1) is 11.3 Å². The zero-order valence-corrected chi connectivity index (χ0v) is 16.3. The first-order valence-electron chi connectivity index (χ1n) is 8.35. The van der Waals surface area contributed by atoms with Crippen molar-refractivity contribution in [3.8, 4) is 0 Å². The van der Waals surface area contributed by atoms with Crippen LogP contribution in [0, 0.1) is 0 Å². The Hall–Kier alpha value is -1.19. The Balaban J connectivity index is 1.50. The first kappa shape index (κ1) is 17.2. The minimum atomic E-state index is -2.99. The smallest absolute Gasteiger partial charge is 0.233 e. The Morgan fingerprint density at radius 2 is 2.24 bits per heavy atom. The van der Waals surface area contributed by atoms with E-state index in [9.17, 15) is 13.2 Å². The Morgan fingerprint density at radius 1 is 1.40 bits per heavy atom. The molecule has 1 amide bonds. The number of rotatable bonds is 4. The van der Waals surface area contributed by atoms with Gasteiger partial charge in [-0.3, -0.25) is 4.79 Å². The summed E-state index contributed by atoms with van der Waals surface area (Å²) in [5, 5.41) is 4.49. The Kier molecular flexibility index (Phi) is 4.49. The number of thioether (sulfide) groups is 1. The Labute approximate surface area is 154 Å². The van der Waals surface area contributed by atoms with Gasteiger partial charge in [-0.05, 0) is 38.2 Å². The molecule has 134 valence electrons. The molecular formula is C16H19N3O3S3. The van der Waals surface area contributed by atoms with E-state index in [1.807, 2.05) is 6.92 Å². The second-order valence-electron chi connectivity index (χ2n) is 6.58. The lowest BCUT2D eigenvalue weighted by Gasteiger charge is -2.15. The van der Waals surface area contributed by atoms with Crippen molar-refractivity contribution in [1.29, 1.82) is 0 Å². The van der Waals surface area contributed by atoms with Crippen molar-refractivity contribution in [3.63, 3.8) is 0 Å². The molecule has 25 heavy (non-hydrogen) atoms. The minimum Gasteiger partial charge on any atom is -0.351 e. The summed E-state index contributed by atoms with van der Waals surface area (Å²) in [6, 6.07) is -0.267. The van der Waals surface area contributed by atoms with E-state index in [2.05, 4.69) is 15.3 Å². The molecule has 1 aliphatic heterocycles. The van der Waals surface area contributed by atoms with Crippen molar-refractivity contribution in [2.75, 3.05) is 11.5 Å². The normalized spacial score (nSPS) is 22.8. The number of sulfone groups is 1. The van der Waals surface area contributed by atoms with Gasteiger partial charge >= 0.3 is 0 Å². The quantitative estimate of drug-likeness (QED) is 0.627. The number of nitrogens with zero attached hydrogens (tertiary/aromatic N) is 2. The predicted octanol–water partition coefficient (Wildman–Crippen LogP) is 1.96. The van der Waals surface area contributed by atoms with Crippen molar-refractivity contribution >= 4 is 49.1 Å². The highest BCUT2D eigenvalue weighted by Gasteiger charge is 2.30. The zero-order chi connectivity index (χ0) is 17.6. The first-order valence-corrected chi connectivity index (χ1v) is 11.9. The van der Waals surface area contributed by atoms with Gasteiger partial charge in [0.05, 0.1) is 16.8 Å². The molecule has 0 aromatic carbocycles. The molecule has 4 rings (SSSR count). The number of amides is 1. The van der Waals surface area contributed by atoms with E-state index in [4.69, 9.17) is 0 Å². The molecule has 1 fully saturated rings. The van der Waals surface area contributed by atoms with Crippen LogP contribution in [0.4, 0.5) is 0 Å². The highest BCUT2D eigenvalue weighted by Crippen LogP contribution is 2.40. The van der Waals surface area contributed by atoms with Gasteiger partial charge in [0.1, 0.15) is 16.2 Å². The number of carbonyl (C=O) groups excluding carboxylic acids is 1. The van der Waals surface area contributed by atoms with Crippen LogP contribution < -0.4 is 5.32 Å². The van der Waals surface area contributed by atoms with Crippen LogP contribution in [0.5, 0.6) is 0 Å². The van der Waals surface area contributed by atoms with E-state index in [1.165, 1.54) is 28.6 Å². The van der Waals surface area contributed by atoms with Crippen LogP contribution in [-0.2, 0) is 27.5 Å². The van der Waals surface area contributed by atoms with Gasteiger partial charge in [0.2, 0.25) is 5.91 Å². The first-order chi connectivity index (χ1) is 11.9. The van der Waals surface area contributed by atoms with E-state index in [0.29, 0.717) is 6.42 Å². The maximum atomic E-state index is 12.5. The number of hydrogen-bond donors (Lipinski definition) is 1. The number of fused-ring (bicyclic) bond motifs is 3. The van der Waals surface area contributed by atoms with E-state index < -0.39 is 9.84 Å². The Bertz CT molecular complexity index is 939. The van der Waals surface area contributed by atoms with E-state index in [-0.39, 0.29) is 28.7 Å². The van der Waals surface area contributed by atoms with Crippen LogP contribution >= 0.6 is 23.1 Å². The largest absolute Gasteiger partial charge is 0.351 e. The van der Waals surface area contributed by atoms with Gasteiger partial charge < -0.3 is 5.32 Å². The molecule has 9 heteroatoms. The lowest BCUT2D eigenvalue weighted by molar-refractivity contribution is -0.120. The van der Waals surface area contributed by atoms with Gasteiger partial charge in [-0.1, -0.05) is 11.8 Å². The van der Waals surface area contributed by atoms with Crippen LogP contribution in [0.15, 0.2) is 11.4 Å². The third-order valence-corrected chi connectivity index (χ3v) is 8.77. The van der Waals surface area contributed by atoms with Crippen molar-refractivity contribution in [2.45, 2.75) is 48.9 Å². The summed E-state index contributed by atoms with van der Waals surface area (Å²) in [6.07, 6.45) is 5.39. The van der Waals surface area contributed by atoms with Gasteiger partial charge in [-0.25, -0.2) is 18.4 Å². The van der Waals surface area contributed by atoms with Crippen LogP contribution in [-0.4, -0.2) is 47.1 Å². The fourth-order valence-electron chi connectivity index (χ4n) is 3.44. The average molecular weight is 398 g/mol. The topological polar surface area (TPSA) is 89.0 Å². The van der Waals surface area contributed by atoms with Crippen molar-refractivity contribution in [3.05, 3.63) is 16.8 Å². The summed E-state index contributed by atoms with van der Waals surface area (Å²) in [6.45, 7) is 1.84. The highest BCUT2D eigenvalue weighted by atomic mass is 32.2. The summed E-state index contributed by atoms with van der Waals surface area (Å²) in [5.74, 6) is 0.0737. The van der Waals surface area contributed by atoms with Crippen molar-refractivity contribution in [2.24, 2.45) is 0 Å². The summed E-state index contributed by atoms with van der Waals surface area (Å²) in [7, 11) is -2.99. The lowest BCUT2D eigenvalue weighted by Crippen LogP contribution is -2.39. The third kappa shape index (κ3) is 3.41. The SMILES string of the molecule is C[C@@H](Sc1ncnc2sc3c(c12)CCC3)C(=O)N[C@H]1CCS(=O)(=O)C1. The predicted molar refractivity (Wildman–Crippen MR) is 100.0 cm³/mol. The van der Waals surface area contributed by atoms with Crippen molar-refractivity contribution < 1.29 is 13.2 Å². The molecule has 1 aliphatic carbocycles. The molecular weight excluding hydrogens is 378 g/mol. The molecule has 2 aromatic rings. The fourth-order valence-corrected chi connectivity index (χ4v) is 7.36. The maximum absolute atomic E-state index is 12.5. The van der Waals surface area contributed by atoms with Gasteiger partial charge in [0.25, 0.3) is 0 Å². The molecule has 3 heterocycles. The number of aromatic nitrogens is 2. The van der Waals surface area contributed by atoms with Crippen molar-refractivity contribution in [1.82, 2.24) is 15.3 Å². The molecule has 0 spiro atoms. The monoisotopic (exact) mass is 397 g/mol. The van der Waals surface area contributed by atoms with E-state index in [0.717, 1.165) is 28.1 Å². The molecule has 6 nitrogen and oxygen atoms in total. The molecule has 2 atom stereocenters. The molecule has 1 N–H and O–H groups in total. The fraction of sp³-hybridized carbons (Fsp3) is 0.562. The lowest BCUT2D eigenvalue weighted by atomic mass is 10.2. The standard InChI is InChI=1S/C16H19N3O3S3/c1-9(14(20)19-10-5-6-25(21,22)7-10)23-15-13-11-3-2-4-12(11)24-16(13)18-8-17-15/h8-10H,2-7H2,1H3,(H,19,20)/t9-,10+/m1/s1. The summed E-state index contributed by atoms with van der Waals surface area (Å²) < 4.78 is 23.1. The summed E-state index contributed by atoms with van der Waals surface area (Å²) in [4.78, 5) is 23.6. The molecule has 0 unspecified atom stereocenters. The second kappa shape index (κ2) is 6.51. The van der Waals surface area contributed by atoms with Crippen LogP contribution in [0.25, 0.3) is 10.2 Å². The number of nitrogens with one attached hydrogen (secondary N) is 1. The van der Waals surface area contributed by atoms with E-state index >= 15 is 0 Å². The second-order valence-corrected chi connectivity index (χ2v) is 11.2. The van der Waals surface area contributed by atoms with Gasteiger partial charge in [0.15, 0.2) is 9.84 Å². The molecule has 1 saturated heterocycles. The molecule has 2 aliphatic rings. The highest BCUT2D eigenvalue weighted by molar-refractivity contribution is 8.00. The zero-order valence-electron chi connectivity index (χ0n) is 13.8. The third-order valence-electron chi connectivity index (χ3n) is 4.70. The Morgan fingerprint density at radius 3 is 3.00 bits per heavy atom. The molecule has 0 saturated carbocycles. The summed E-state index contributed by atoms with van der Waals surface area (Å²) >= 11 is 3.16. The molecule has 0 bridgehead atoms.